The van der Waals surface area contributed by atoms with Crippen LogP contribution in [0.15, 0.2) is 94.9 Å². The zero-order chi connectivity index (χ0) is 20.8. The van der Waals surface area contributed by atoms with Crippen molar-refractivity contribution in [3.05, 3.63) is 118 Å². The molecule has 1 amide bonds. The third-order valence-corrected chi connectivity index (χ3v) is 5.82. The van der Waals surface area contributed by atoms with Gasteiger partial charge in [0.25, 0.3) is 5.91 Å². The van der Waals surface area contributed by atoms with Gasteiger partial charge in [0.05, 0.1) is 12.3 Å². The zero-order valence-corrected chi connectivity index (χ0v) is 17.0. The quantitative estimate of drug-likeness (QED) is 0.451. The number of benzene rings is 2. The molecule has 6 heteroatoms. The van der Waals surface area contributed by atoms with Gasteiger partial charge in [0.15, 0.2) is 18.3 Å². The molecule has 152 valence electrons. The highest BCUT2D eigenvalue weighted by molar-refractivity contribution is 7.10. The van der Waals surface area contributed by atoms with E-state index in [1.165, 1.54) is 12.1 Å². The predicted molar refractivity (Wildman–Crippen MR) is 114 cm³/mol. The van der Waals surface area contributed by atoms with Crippen LogP contribution >= 0.6 is 11.3 Å². The third kappa shape index (κ3) is 4.84. The van der Waals surface area contributed by atoms with Crippen molar-refractivity contribution in [2.75, 3.05) is 6.54 Å². The van der Waals surface area contributed by atoms with Gasteiger partial charge in [-0.1, -0.05) is 48.5 Å². The van der Waals surface area contributed by atoms with E-state index < -0.39 is 0 Å². The van der Waals surface area contributed by atoms with Crippen LogP contribution in [0.5, 0.6) is 0 Å². The summed E-state index contributed by atoms with van der Waals surface area (Å²) in [7, 11) is 0. The van der Waals surface area contributed by atoms with E-state index in [2.05, 4.69) is 5.32 Å². The van der Waals surface area contributed by atoms with Crippen LogP contribution in [-0.4, -0.2) is 12.5 Å². The van der Waals surface area contributed by atoms with Gasteiger partial charge < -0.3 is 15.1 Å². The lowest BCUT2D eigenvalue weighted by Crippen LogP contribution is -2.87. The molecule has 0 aliphatic rings. The number of nitrogens with two attached hydrogens (primary N) is 1. The molecule has 0 aliphatic heterocycles. The lowest BCUT2D eigenvalue weighted by atomic mass is 10.0. The first-order valence-electron chi connectivity index (χ1n) is 9.70. The fourth-order valence-electron chi connectivity index (χ4n) is 3.42. The van der Waals surface area contributed by atoms with E-state index in [0.29, 0.717) is 0 Å². The minimum Gasteiger partial charge on any atom is -0.463 e. The second kappa shape index (κ2) is 9.52. The Morgan fingerprint density at radius 2 is 1.77 bits per heavy atom. The van der Waals surface area contributed by atoms with Crippen LogP contribution in [0.4, 0.5) is 4.39 Å². The summed E-state index contributed by atoms with van der Waals surface area (Å²) in [6, 6.07) is 23.4. The number of rotatable bonds is 8. The van der Waals surface area contributed by atoms with Crippen molar-refractivity contribution in [1.29, 1.82) is 0 Å². The first kappa shape index (κ1) is 20.1. The normalized spacial score (nSPS) is 13.0. The average molecular weight is 422 g/mol. The maximum Gasteiger partial charge on any atom is 0.275 e. The number of hydrogen-bond acceptors (Lipinski definition) is 3. The highest BCUT2D eigenvalue weighted by Crippen LogP contribution is 2.26. The highest BCUT2D eigenvalue weighted by Gasteiger charge is 2.23. The second-order valence-electron chi connectivity index (χ2n) is 6.91. The lowest BCUT2D eigenvalue weighted by Gasteiger charge is -2.19. The third-order valence-electron chi connectivity index (χ3n) is 4.88. The van der Waals surface area contributed by atoms with E-state index in [0.717, 1.165) is 21.8 Å². The summed E-state index contributed by atoms with van der Waals surface area (Å²) in [5, 5.41) is 7.02. The molecule has 2 heterocycles. The molecule has 4 aromatic rings. The number of furan rings is 1. The number of halogens is 1. The molecule has 0 saturated heterocycles. The molecule has 2 atom stereocenters. The Morgan fingerprint density at radius 1 is 0.967 bits per heavy atom. The molecule has 30 heavy (non-hydrogen) atoms. The van der Waals surface area contributed by atoms with Crippen LogP contribution in [0.3, 0.4) is 0 Å². The van der Waals surface area contributed by atoms with Crippen molar-refractivity contribution in [3.63, 3.8) is 0 Å². The van der Waals surface area contributed by atoms with Crippen molar-refractivity contribution in [2.45, 2.75) is 12.1 Å². The first-order chi connectivity index (χ1) is 14.7. The maximum absolute atomic E-state index is 13.4. The largest absolute Gasteiger partial charge is 0.463 e. The summed E-state index contributed by atoms with van der Waals surface area (Å²) < 4.78 is 19.0. The molecule has 0 radical (unpaired) electrons. The standard InChI is InChI=1S/C24H21FN2O2S/c25-19-12-10-18(11-13-19)24(21-9-5-15-30-21)27-22(28)16-26-23(20-8-4-14-29-20)17-6-2-1-3-7-17/h1-15,23-24,26H,16H2,(H,27,28)/p+1/t23-,24+/m0/s1. The smallest absolute Gasteiger partial charge is 0.275 e. The van der Waals surface area contributed by atoms with Gasteiger partial charge in [0, 0.05) is 10.4 Å². The predicted octanol–water partition coefficient (Wildman–Crippen LogP) is 4.04. The highest BCUT2D eigenvalue weighted by atomic mass is 32.1. The molecule has 2 aromatic heterocycles. The molecule has 4 rings (SSSR count). The molecular formula is C24H22FN2O2S+. The van der Waals surface area contributed by atoms with Crippen molar-refractivity contribution in [1.82, 2.24) is 5.32 Å². The molecule has 2 aromatic carbocycles. The fraction of sp³-hybridized carbons (Fsp3) is 0.125. The van der Waals surface area contributed by atoms with Gasteiger partial charge in [-0.05, 0) is 41.3 Å². The molecule has 0 bridgehead atoms. The minimum absolute atomic E-state index is 0.106. The molecule has 0 fully saturated rings. The van der Waals surface area contributed by atoms with Crippen LogP contribution in [0.1, 0.15) is 33.8 Å². The Bertz CT molecular complexity index is 1050. The van der Waals surface area contributed by atoms with Gasteiger partial charge in [0.2, 0.25) is 0 Å². The van der Waals surface area contributed by atoms with E-state index in [1.54, 1.807) is 29.7 Å². The molecule has 0 saturated carbocycles. The summed E-state index contributed by atoms with van der Waals surface area (Å²) >= 11 is 1.56. The van der Waals surface area contributed by atoms with E-state index in [1.807, 2.05) is 65.3 Å². The summed E-state index contributed by atoms with van der Waals surface area (Å²) in [5.74, 6) is 0.389. The monoisotopic (exact) mass is 421 g/mol. The summed E-state index contributed by atoms with van der Waals surface area (Å²) in [6.45, 7) is 0.226. The fourth-order valence-corrected chi connectivity index (χ4v) is 4.22. The van der Waals surface area contributed by atoms with Crippen molar-refractivity contribution >= 4 is 17.2 Å². The Balaban J connectivity index is 1.48. The van der Waals surface area contributed by atoms with Crippen molar-refractivity contribution in [3.8, 4) is 0 Å². The lowest BCUT2D eigenvalue weighted by molar-refractivity contribution is -0.678. The zero-order valence-electron chi connectivity index (χ0n) is 16.2. The number of hydrogen-bond donors (Lipinski definition) is 2. The van der Waals surface area contributed by atoms with E-state index in [4.69, 9.17) is 4.42 Å². The first-order valence-corrected chi connectivity index (χ1v) is 10.6. The van der Waals surface area contributed by atoms with Crippen LogP contribution in [0.2, 0.25) is 0 Å². The molecular weight excluding hydrogens is 399 g/mol. The van der Waals surface area contributed by atoms with E-state index >= 15 is 0 Å². The number of quaternary nitrogens is 1. The SMILES string of the molecule is O=C(C[NH2+][C@@H](c1ccccc1)c1ccco1)N[C@H](c1ccc(F)cc1)c1cccs1. The van der Waals surface area contributed by atoms with Gasteiger partial charge >= 0.3 is 0 Å². The number of amides is 1. The molecule has 0 aliphatic carbocycles. The summed E-state index contributed by atoms with van der Waals surface area (Å²) in [5.41, 5.74) is 1.91. The Morgan fingerprint density at radius 3 is 2.43 bits per heavy atom. The van der Waals surface area contributed by atoms with Crippen molar-refractivity contribution in [2.24, 2.45) is 0 Å². The van der Waals surface area contributed by atoms with Crippen LogP contribution in [0.25, 0.3) is 0 Å². The Hall–Kier alpha value is -3.22. The number of nitrogens with one attached hydrogen (secondary N) is 1. The van der Waals surface area contributed by atoms with E-state index in [9.17, 15) is 9.18 Å². The molecule has 0 unspecified atom stereocenters. The minimum atomic E-state index is -0.315. The number of carbonyl (C=O) groups is 1. The van der Waals surface area contributed by atoms with Gasteiger partial charge in [-0.15, -0.1) is 11.3 Å². The van der Waals surface area contributed by atoms with Gasteiger partial charge in [0.1, 0.15) is 5.82 Å². The maximum atomic E-state index is 13.4. The Labute approximate surface area is 178 Å². The summed E-state index contributed by atoms with van der Waals surface area (Å²) in [6.07, 6.45) is 1.64. The second-order valence-corrected chi connectivity index (χ2v) is 7.89. The van der Waals surface area contributed by atoms with Crippen LogP contribution in [-0.2, 0) is 4.79 Å². The number of thiophene rings is 1. The number of carbonyl (C=O) groups excluding carboxylic acids is 1. The molecule has 3 N–H and O–H groups in total. The molecule has 0 spiro atoms. The molecule has 4 nitrogen and oxygen atoms in total. The van der Waals surface area contributed by atoms with Crippen LogP contribution in [0, 0.1) is 5.82 Å². The van der Waals surface area contributed by atoms with Gasteiger partial charge in [-0.25, -0.2) is 4.39 Å². The van der Waals surface area contributed by atoms with Crippen molar-refractivity contribution < 1.29 is 18.9 Å². The average Bonchev–Trinajstić information content (AvgIpc) is 3.48. The topological polar surface area (TPSA) is 58.9 Å². The summed E-state index contributed by atoms with van der Waals surface area (Å²) in [4.78, 5) is 13.9. The van der Waals surface area contributed by atoms with Crippen LogP contribution < -0.4 is 10.6 Å². The Kier molecular flexibility index (Phi) is 6.37. The van der Waals surface area contributed by atoms with E-state index in [-0.39, 0.29) is 30.4 Å². The van der Waals surface area contributed by atoms with Gasteiger partial charge in [-0.3, -0.25) is 4.79 Å². The van der Waals surface area contributed by atoms with Gasteiger partial charge in [-0.2, -0.15) is 0 Å².